The third kappa shape index (κ3) is 2.18. The van der Waals surface area contributed by atoms with E-state index in [2.05, 4.69) is 6.92 Å². The molecule has 14 heavy (non-hydrogen) atoms. The fourth-order valence-corrected chi connectivity index (χ4v) is 4.41. The van der Waals surface area contributed by atoms with Gasteiger partial charge in [-0.2, -0.15) is 0 Å². The highest BCUT2D eigenvalue weighted by Crippen LogP contribution is 2.42. The summed E-state index contributed by atoms with van der Waals surface area (Å²) >= 11 is 4.63. The number of thioether (sulfide) groups is 2. The van der Waals surface area contributed by atoms with Crippen LogP contribution in [0.3, 0.4) is 0 Å². The average Bonchev–Trinajstić information content (AvgIpc) is 2.43. The lowest BCUT2D eigenvalue weighted by atomic mass is 10.4. The molecule has 0 bridgehead atoms. The first kappa shape index (κ1) is 11.7. The Bertz CT molecular complexity index is 349. The van der Waals surface area contributed by atoms with Crippen molar-refractivity contribution in [2.75, 3.05) is 17.7 Å². The van der Waals surface area contributed by atoms with E-state index in [0.717, 1.165) is 14.9 Å². The van der Waals surface area contributed by atoms with E-state index in [1.807, 2.05) is 6.26 Å². The maximum Gasteiger partial charge on any atom is 0.260 e. The highest BCUT2D eigenvalue weighted by atomic mass is 32.2. The Labute approximate surface area is 95.6 Å². The topological polar surface area (TPSA) is 69.1 Å². The van der Waals surface area contributed by atoms with E-state index in [9.17, 15) is 4.79 Å². The van der Waals surface area contributed by atoms with Gasteiger partial charge < -0.3 is 11.5 Å². The Kier molecular flexibility index (Phi) is 4.15. The lowest BCUT2D eigenvalue weighted by Gasteiger charge is -1.98. The van der Waals surface area contributed by atoms with Crippen molar-refractivity contribution in [2.24, 2.45) is 5.73 Å². The summed E-state index contributed by atoms with van der Waals surface area (Å²) in [6.45, 7) is 2.06. The molecule has 1 aromatic heterocycles. The van der Waals surface area contributed by atoms with Crippen molar-refractivity contribution in [1.82, 2.24) is 0 Å². The smallest absolute Gasteiger partial charge is 0.260 e. The predicted octanol–water partition coefficient (Wildman–Crippen LogP) is 2.26. The predicted molar refractivity (Wildman–Crippen MR) is 65.4 cm³/mol. The van der Waals surface area contributed by atoms with Crippen molar-refractivity contribution in [2.45, 2.75) is 16.0 Å². The van der Waals surface area contributed by atoms with Crippen molar-refractivity contribution >= 4 is 46.5 Å². The van der Waals surface area contributed by atoms with Crippen LogP contribution in [-0.2, 0) is 0 Å². The lowest BCUT2D eigenvalue weighted by Crippen LogP contribution is -2.10. The third-order valence-electron chi connectivity index (χ3n) is 1.57. The van der Waals surface area contributed by atoms with Crippen LogP contribution in [0.25, 0.3) is 0 Å². The van der Waals surface area contributed by atoms with Gasteiger partial charge in [-0.3, -0.25) is 4.79 Å². The monoisotopic (exact) mass is 248 g/mol. The molecule has 1 heterocycles. The fourth-order valence-electron chi connectivity index (χ4n) is 1.01. The van der Waals surface area contributed by atoms with Gasteiger partial charge in [0, 0.05) is 0 Å². The van der Waals surface area contributed by atoms with Crippen LogP contribution in [-0.4, -0.2) is 17.9 Å². The van der Waals surface area contributed by atoms with E-state index in [4.69, 9.17) is 11.5 Å². The summed E-state index contributed by atoms with van der Waals surface area (Å²) in [5.74, 6) is 0.525. The molecule has 0 saturated carbocycles. The first-order chi connectivity index (χ1) is 6.61. The highest BCUT2D eigenvalue weighted by Gasteiger charge is 2.18. The molecule has 0 aliphatic heterocycles. The van der Waals surface area contributed by atoms with Gasteiger partial charge in [0.15, 0.2) is 0 Å². The number of carbonyl (C=O) groups is 1. The molecule has 0 unspecified atom stereocenters. The molecule has 0 atom stereocenters. The molecule has 0 fully saturated rings. The minimum atomic E-state index is -0.439. The molecule has 1 amide bonds. The first-order valence-corrected chi connectivity index (χ1v) is 7.03. The zero-order valence-corrected chi connectivity index (χ0v) is 10.4. The number of primary amides is 1. The van der Waals surface area contributed by atoms with Gasteiger partial charge in [0.25, 0.3) is 5.91 Å². The standard InChI is InChI=1S/C8H12N2OS3/c1-3-13-8-6(12-2)4(9)5(14-8)7(10)11/h3,9H2,1-2H3,(H2,10,11). The summed E-state index contributed by atoms with van der Waals surface area (Å²) in [5, 5.41) is 0. The number of amides is 1. The number of nitrogen functional groups attached to an aromatic ring is 1. The summed E-state index contributed by atoms with van der Waals surface area (Å²) in [6, 6.07) is 0. The molecule has 4 N–H and O–H groups in total. The van der Waals surface area contributed by atoms with Gasteiger partial charge in [-0.25, -0.2) is 0 Å². The molecular formula is C8H12N2OS3. The van der Waals surface area contributed by atoms with Crippen molar-refractivity contribution in [1.29, 1.82) is 0 Å². The van der Waals surface area contributed by atoms with E-state index in [-0.39, 0.29) is 0 Å². The van der Waals surface area contributed by atoms with Gasteiger partial charge in [0.05, 0.1) is 14.8 Å². The molecular weight excluding hydrogens is 236 g/mol. The van der Waals surface area contributed by atoms with E-state index >= 15 is 0 Å². The second kappa shape index (κ2) is 4.95. The van der Waals surface area contributed by atoms with E-state index in [1.54, 1.807) is 23.5 Å². The maximum absolute atomic E-state index is 11.0. The van der Waals surface area contributed by atoms with E-state index < -0.39 is 5.91 Å². The number of thiophene rings is 1. The Balaban J connectivity index is 3.17. The van der Waals surface area contributed by atoms with Crippen LogP contribution >= 0.6 is 34.9 Å². The Hall–Kier alpha value is -0.330. The summed E-state index contributed by atoms with van der Waals surface area (Å²) in [5.41, 5.74) is 11.6. The molecule has 78 valence electrons. The van der Waals surface area contributed by atoms with Crippen molar-refractivity contribution in [3.63, 3.8) is 0 Å². The number of nitrogens with two attached hydrogens (primary N) is 2. The van der Waals surface area contributed by atoms with Crippen LogP contribution < -0.4 is 11.5 Å². The zero-order chi connectivity index (χ0) is 10.7. The van der Waals surface area contributed by atoms with Gasteiger partial charge in [-0.1, -0.05) is 6.92 Å². The van der Waals surface area contributed by atoms with Crippen LogP contribution in [0.15, 0.2) is 9.10 Å². The molecule has 0 spiro atoms. The largest absolute Gasteiger partial charge is 0.396 e. The molecule has 1 rings (SSSR count). The van der Waals surface area contributed by atoms with Crippen LogP contribution in [0.5, 0.6) is 0 Å². The van der Waals surface area contributed by atoms with Gasteiger partial charge in [-0.05, 0) is 12.0 Å². The highest BCUT2D eigenvalue weighted by molar-refractivity contribution is 8.03. The molecule has 0 aromatic carbocycles. The third-order valence-corrected chi connectivity index (χ3v) is 5.04. The first-order valence-electron chi connectivity index (χ1n) is 4.00. The number of carbonyl (C=O) groups excluding carboxylic acids is 1. The molecule has 3 nitrogen and oxygen atoms in total. The number of hydrogen-bond acceptors (Lipinski definition) is 5. The van der Waals surface area contributed by atoms with Crippen LogP contribution in [0.2, 0.25) is 0 Å². The average molecular weight is 248 g/mol. The number of rotatable bonds is 4. The Morgan fingerprint density at radius 3 is 2.64 bits per heavy atom. The molecule has 1 aromatic rings. The van der Waals surface area contributed by atoms with Crippen LogP contribution in [0, 0.1) is 0 Å². The van der Waals surface area contributed by atoms with Crippen LogP contribution in [0.1, 0.15) is 16.6 Å². The van der Waals surface area contributed by atoms with E-state index in [1.165, 1.54) is 11.3 Å². The Morgan fingerprint density at radius 1 is 1.57 bits per heavy atom. The zero-order valence-electron chi connectivity index (χ0n) is 7.99. The van der Waals surface area contributed by atoms with Gasteiger partial charge in [0.1, 0.15) is 4.88 Å². The summed E-state index contributed by atoms with van der Waals surface area (Å²) < 4.78 is 1.09. The minimum Gasteiger partial charge on any atom is -0.396 e. The fraction of sp³-hybridized carbons (Fsp3) is 0.375. The summed E-state index contributed by atoms with van der Waals surface area (Å²) in [4.78, 5) is 12.5. The van der Waals surface area contributed by atoms with Gasteiger partial charge in [-0.15, -0.1) is 34.9 Å². The lowest BCUT2D eigenvalue weighted by molar-refractivity contribution is 0.100. The Morgan fingerprint density at radius 2 is 2.21 bits per heavy atom. The second-order valence-electron chi connectivity index (χ2n) is 2.46. The molecule has 0 aliphatic rings. The summed E-state index contributed by atoms with van der Waals surface area (Å²) in [6.07, 6.45) is 1.95. The molecule has 0 aliphatic carbocycles. The normalized spacial score (nSPS) is 10.4. The molecule has 0 saturated heterocycles. The molecule has 6 heteroatoms. The maximum atomic E-state index is 11.0. The van der Waals surface area contributed by atoms with Crippen molar-refractivity contribution < 1.29 is 4.79 Å². The number of anilines is 1. The SMILES string of the molecule is CCSc1sc(C(N)=O)c(N)c1SC. The second-order valence-corrected chi connectivity index (χ2v) is 5.83. The summed E-state index contributed by atoms with van der Waals surface area (Å²) in [7, 11) is 0. The van der Waals surface area contributed by atoms with E-state index in [0.29, 0.717) is 10.6 Å². The van der Waals surface area contributed by atoms with Crippen molar-refractivity contribution in [3.05, 3.63) is 4.88 Å². The minimum absolute atomic E-state index is 0.439. The molecule has 0 radical (unpaired) electrons. The number of hydrogen-bond donors (Lipinski definition) is 2. The van der Waals surface area contributed by atoms with Crippen LogP contribution in [0.4, 0.5) is 5.69 Å². The van der Waals surface area contributed by atoms with Crippen molar-refractivity contribution in [3.8, 4) is 0 Å². The van der Waals surface area contributed by atoms with Gasteiger partial charge >= 0.3 is 0 Å². The quantitative estimate of drug-likeness (QED) is 0.802. The van der Waals surface area contributed by atoms with Gasteiger partial charge in [0.2, 0.25) is 0 Å².